The van der Waals surface area contributed by atoms with E-state index in [1.54, 1.807) is 18.2 Å². The van der Waals surface area contributed by atoms with E-state index in [0.29, 0.717) is 16.3 Å². The molecular weight excluding hydrogens is 270 g/mol. The summed E-state index contributed by atoms with van der Waals surface area (Å²) in [5, 5.41) is 3.37. The van der Waals surface area contributed by atoms with Crippen LogP contribution in [0.15, 0.2) is 42.5 Å². The van der Waals surface area contributed by atoms with Gasteiger partial charge in [-0.05, 0) is 35.9 Å². The monoisotopic (exact) mass is 282 g/mol. The summed E-state index contributed by atoms with van der Waals surface area (Å²) in [5.74, 6) is -0.749. The van der Waals surface area contributed by atoms with Gasteiger partial charge in [0.25, 0.3) is 0 Å². The minimum Gasteiger partial charge on any atom is -0.377 e. The van der Waals surface area contributed by atoms with Crippen LogP contribution in [0, 0.1) is 11.6 Å². The fourth-order valence-corrected chi connectivity index (χ4v) is 2.13. The summed E-state index contributed by atoms with van der Waals surface area (Å²) in [4.78, 5) is 0. The summed E-state index contributed by atoms with van der Waals surface area (Å²) < 4.78 is 26.1. The Morgan fingerprint density at radius 3 is 2.47 bits per heavy atom. The van der Waals surface area contributed by atoms with Gasteiger partial charge in [-0.3, -0.25) is 0 Å². The number of nitrogens with one attached hydrogen (secondary N) is 1. The van der Waals surface area contributed by atoms with E-state index in [4.69, 9.17) is 17.3 Å². The van der Waals surface area contributed by atoms with Crippen LogP contribution in [0.2, 0.25) is 5.02 Å². The van der Waals surface area contributed by atoms with Gasteiger partial charge in [-0.25, -0.2) is 8.78 Å². The van der Waals surface area contributed by atoms with Crippen molar-refractivity contribution in [2.45, 2.75) is 6.04 Å². The quantitative estimate of drug-likeness (QED) is 0.897. The summed E-state index contributed by atoms with van der Waals surface area (Å²) in [6.07, 6.45) is 0. The van der Waals surface area contributed by atoms with Crippen LogP contribution in [0.1, 0.15) is 11.6 Å². The highest BCUT2D eigenvalue weighted by molar-refractivity contribution is 6.31. The van der Waals surface area contributed by atoms with E-state index in [-0.39, 0.29) is 18.4 Å². The van der Waals surface area contributed by atoms with Gasteiger partial charge in [0.15, 0.2) is 0 Å². The van der Waals surface area contributed by atoms with Gasteiger partial charge in [-0.1, -0.05) is 23.7 Å². The predicted octanol–water partition coefficient (Wildman–Crippen LogP) is 3.73. The highest BCUT2D eigenvalue weighted by atomic mass is 35.5. The Bertz CT molecular complexity index is 575. The first-order valence-electron chi connectivity index (χ1n) is 5.77. The molecule has 2 aromatic carbocycles. The van der Waals surface area contributed by atoms with Crippen LogP contribution in [-0.2, 0) is 0 Å². The van der Waals surface area contributed by atoms with E-state index < -0.39 is 5.82 Å². The first-order valence-corrected chi connectivity index (χ1v) is 6.15. The summed E-state index contributed by atoms with van der Waals surface area (Å²) in [7, 11) is 0. The minimum absolute atomic E-state index is 0.252. The van der Waals surface area contributed by atoms with Gasteiger partial charge >= 0.3 is 0 Å². The zero-order valence-corrected chi connectivity index (χ0v) is 10.8. The molecule has 2 nitrogen and oxygen atoms in total. The number of anilines is 1. The number of rotatable bonds is 4. The number of benzene rings is 2. The Morgan fingerprint density at radius 1 is 1.11 bits per heavy atom. The molecule has 0 aliphatic carbocycles. The van der Waals surface area contributed by atoms with E-state index in [2.05, 4.69) is 5.32 Å². The Morgan fingerprint density at radius 2 is 1.84 bits per heavy atom. The second kappa shape index (κ2) is 5.99. The van der Waals surface area contributed by atoms with E-state index in [9.17, 15) is 8.78 Å². The predicted molar refractivity (Wildman–Crippen MR) is 73.2 cm³/mol. The first-order chi connectivity index (χ1) is 9.10. The number of hydrogen-bond acceptors (Lipinski definition) is 2. The SMILES string of the molecule is NCC(Nc1cccc(F)c1)c1ccc(F)cc1Cl. The largest absolute Gasteiger partial charge is 0.377 e. The molecule has 2 aromatic rings. The first kappa shape index (κ1) is 13.8. The third kappa shape index (κ3) is 3.43. The average molecular weight is 283 g/mol. The van der Waals surface area contributed by atoms with E-state index in [1.807, 2.05) is 0 Å². The standard InChI is InChI=1S/C14H13ClF2N2/c15-13-7-10(17)4-5-12(13)14(8-18)19-11-3-1-2-9(16)6-11/h1-7,14,19H,8,18H2. The lowest BCUT2D eigenvalue weighted by molar-refractivity contribution is 0.625. The van der Waals surface area contributed by atoms with E-state index >= 15 is 0 Å². The van der Waals surface area contributed by atoms with Crippen molar-refractivity contribution >= 4 is 17.3 Å². The molecule has 0 spiro atoms. The molecule has 0 saturated carbocycles. The van der Waals surface area contributed by atoms with Crippen LogP contribution in [0.5, 0.6) is 0 Å². The molecule has 0 amide bonds. The molecule has 1 atom stereocenters. The van der Waals surface area contributed by atoms with Crippen LogP contribution < -0.4 is 11.1 Å². The van der Waals surface area contributed by atoms with Crippen molar-refractivity contribution in [3.8, 4) is 0 Å². The van der Waals surface area contributed by atoms with Crippen molar-refractivity contribution in [1.82, 2.24) is 0 Å². The van der Waals surface area contributed by atoms with Crippen LogP contribution in [0.4, 0.5) is 14.5 Å². The van der Waals surface area contributed by atoms with Crippen molar-refractivity contribution in [2.75, 3.05) is 11.9 Å². The number of nitrogens with two attached hydrogens (primary N) is 1. The highest BCUT2D eigenvalue weighted by Gasteiger charge is 2.14. The second-order valence-electron chi connectivity index (χ2n) is 4.11. The van der Waals surface area contributed by atoms with Crippen LogP contribution in [0.3, 0.4) is 0 Å². The lowest BCUT2D eigenvalue weighted by atomic mass is 10.1. The summed E-state index contributed by atoms with van der Waals surface area (Å²) in [6, 6.07) is 9.84. The van der Waals surface area contributed by atoms with Gasteiger partial charge in [0.05, 0.1) is 6.04 Å². The topological polar surface area (TPSA) is 38.0 Å². The number of hydrogen-bond donors (Lipinski definition) is 2. The Kier molecular flexibility index (Phi) is 4.35. The van der Waals surface area contributed by atoms with Crippen molar-refractivity contribution in [1.29, 1.82) is 0 Å². The molecule has 0 saturated heterocycles. The van der Waals surface area contributed by atoms with E-state index in [0.717, 1.165) is 0 Å². The summed E-state index contributed by atoms with van der Waals surface area (Å²) >= 11 is 5.99. The second-order valence-corrected chi connectivity index (χ2v) is 4.52. The molecule has 2 rings (SSSR count). The maximum Gasteiger partial charge on any atom is 0.125 e. The molecule has 0 aromatic heterocycles. The van der Waals surface area contributed by atoms with Crippen molar-refractivity contribution in [3.63, 3.8) is 0 Å². The van der Waals surface area contributed by atoms with Crippen molar-refractivity contribution < 1.29 is 8.78 Å². The van der Waals surface area contributed by atoms with Gasteiger partial charge in [-0.15, -0.1) is 0 Å². The Labute approximate surface area is 115 Å². The Hall–Kier alpha value is -1.65. The highest BCUT2D eigenvalue weighted by Crippen LogP contribution is 2.26. The molecule has 0 heterocycles. The average Bonchev–Trinajstić information content (AvgIpc) is 2.37. The number of halogens is 3. The molecule has 0 aliphatic rings. The van der Waals surface area contributed by atoms with Gasteiger partial charge in [0, 0.05) is 17.3 Å². The molecule has 0 radical (unpaired) electrons. The lowest BCUT2D eigenvalue weighted by Crippen LogP contribution is -2.21. The molecule has 19 heavy (non-hydrogen) atoms. The molecular formula is C14H13ClF2N2. The van der Waals surface area contributed by atoms with Gasteiger partial charge in [-0.2, -0.15) is 0 Å². The van der Waals surface area contributed by atoms with Gasteiger partial charge < -0.3 is 11.1 Å². The van der Waals surface area contributed by atoms with Gasteiger partial charge in [0.2, 0.25) is 0 Å². The molecule has 1 unspecified atom stereocenters. The minimum atomic E-state index is -0.407. The smallest absolute Gasteiger partial charge is 0.125 e. The fraction of sp³-hybridized carbons (Fsp3) is 0.143. The summed E-state index contributed by atoms with van der Waals surface area (Å²) in [6.45, 7) is 0.252. The van der Waals surface area contributed by atoms with Crippen LogP contribution in [0.25, 0.3) is 0 Å². The fourth-order valence-electron chi connectivity index (χ4n) is 1.83. The molecule has 0 fully saturated rings. The lowest BCUT2D eigenvalue weighted by Gasteiger charge is -2.19. The molecule has 0 bridgehead atoms. The molecule has 100 valence electrons. The molecule has 3 N–H and O–H groups in total. The summed E-state index contributed by atoms with van der Waals surface area (Å²) in [5.41, 5.74) is 6.96. The van der Waals surface area contributed by atoms with Crippen molar-refractivity contribution in [2.24, 2.45) is 5.73 Å². The van der Waals surface area contributed by atoms with Crippen LogP contribution >= 0.6 is 11.6 Å². The third-order valence-corrected chi connectivity index (χ3v) is 3.07. The van der Waals surface area contributed by atoms with Crippen LogP contribution in [-0.4, -0.2) is 6.54 Å². The van der Waals surface area contributed by atoms with Gasteiger partial charge in [0.1, 0.15) is 11.6 Å². The third-order valence-electron chi connectivity index (χ3n) is 2.74. The maximum absolute atomic E-state index is 13.1. The van der Waals surface area contributed by atoms with Crippen molar-refractivity contribution in [3.05, 3.63) is 64.7 Å². The normalized spacial score (nSPS) is 12.2. The Balaban J connectivity index is 2.25. The molecule has 0 aliphatic heterocycles. The molecule has 5 heteroatoms. The zero-order valence-electron chi connectivity index (χ0n) is 10.0. The van der Waals surface area contributed by atoms with E-state index in [1.165, 1.54) is 24.3 Å². The zero-order chi connectivity index (χ0) is 13.8. The maximum atomic E-state index is 13.1.